The van der Waals surface area contributed by atoms with Crippen molar-refractivity contribution >= 4 is 5.97 Å². The van der Waals surface area contributed by atoms with Crippen molar-refractivity contribution in [2.24, 2.45) is 0 Å². The minimum absolute atomic E-state index is 0.0668. The Morgan fingerprint density at radius 1 is 1.44 bits per heavy atom. The van der Waals surface area contributed by atoms with E-state index in [0.717, 1.165) is 6.07 Å². The van der Waals surface area contributed by atoms with Gasteiger partial charge in [0, 0.05) is 11.6 Å². The third kappa shape index (κ3) is 2.40. The summed E-state index contributed by atoms with van der Waals surface area (Å²) in [6.45, 7) is -0.286. The zero-order valence-corrected chi connectivity index (χ0v) is 9.08. The van der Waals surface area contributed by atoms with Crippen LogP contribution in [0.2, 0.25) is 0 Å². The maximum Gasteiger partial charge on any atom is 0.336 e. The number of nitrogens with zero attached hydrogens (tertiary/aromatic N) is 2. The number of carboxylic acids is 1. The van der Waals surface area contributed by atoms with E-state index in [4.69, 9.17) is 15.1 Å². The lowest BCUT2D eigenvalue weighted by molar-refractivity contribution is 0.0692. The number of hydrogen-bond acceptors (Lipinski definition) is 4. The number of aromatic carboxylic acids is 1. The Balaban J connectivity index is 2.20. The van der Waals surface area contributed by atoms with Crippen molar-refractivity contribution < 1.29 is 24.2 Å². The van der Waals surface area contributed by atoms with Gasteiger partial charge in [0.05, 0.1) is 11.8 Å². The zero-order valence-electron chi connectivity index (χ0n) is 9.08. The van der Waals surface area contributed by atoms with Gasteiger partial charge in [0.1, 0.15) is 12.4 Å². The number of carbonyl (C=O) groups is 1. The number of hydrogen-bond donors (Lipinski definition) is 2. The predicted octanol–water partition coefficient (Wildman–Crippen LogP) is 1.54. The molecule has 0 unspecified atom stereocenters. The summed E-state index contributed by atoms with van der Waals surface area (Å²) in [6, 6.07) is 5.11. The van der Waals surface area contributed by atoms with Gasteiger partial charge in [-0.2, -0.15) is 0 Å². The number of aromatic nitrogens is 2. The quantitative estimate of drug-likeness (QED) is 0.806. The Hall–Kier alpha value is -2.57. The fraction of sp³-hybridized carbons (Fsp3) is 0.0909. The molecule has 0 aliphatic heterocycles. The smallest absolute Gasteiger partial charge is 0.336 e. The second kappa shape index (κ2) is 4.74. The molecule has 94 valence electrons. The normalized spacial score (nSPS) is 10.3. The van der Waals surface area contributed by atoms with Crippen LogP contribution in [0.4, 0.5) is 4.39 Å². The van der Waals surface area contributed by atoms with E-state index in [1.165, 1.54) is 24.4 Å². The van der Waals surface area contributed by atoms with E-state index in [1.54, 1.807) is 0 Å². The van der Waals surface area contributed by atoms with Crippen molar-refractivity contribution in [3.05, 3.63) is 47.4 Å². The molecule has 0 aliphatic rings. The van der Waals surface area contributed by atoms with Gasteiger partial charge in [-0.3, -0.25) is 0 Å². The first-order valence-electron chi connectivity index (χ1n) is 4.96. The first-order valence-corrected chi connectivity index (χ1v) is 4.96. The van der Waals surface area contributed by atoms with Gasteiger partial charge >= 0.3 is 5.97 Å². The van der Waals surface area contributed by atoms with E-state index in [0.29, 0.717) is 4.85 Å². The molecule has 1 aromatic heterocycles. The first kappa shape index (κ1) is 11.9. The summed E-state index contributed by atoms with van der Waals surface area (Å²) < 4.78 is 18.6. The number of benzene rings is 1. The minimum Gasteiger partial charge on any atom is -0.478 e. The summed E-state index contributed by atoms with van der Waals surface area (Å²) in [6.07, 6.45) is 1.23. The topological polar surface area (TPSA) is 84.6 Å². The van der Waals surface area contributed by atoms with Crippen LogP contribution in [-0.4, -0.2) is 26.2 Å². The molecule has 18 heavy (non-hydrogen) atoms. The molecule has 0 amide bonds. The lowest BCUT2D eigenvalue weighted by atomic mass is 10.1. The van der Waals surface area contributed by atoms with Crippen molar-refractivity contribution in [2.75, 3.05) is 0 Å². The summed E-state index contributed by atoms with van der Waals surface area (Å²) in [5.41, 5.74) is -0.240. The highest BCUT2D eigenvalue weighted by molar-refractivity contribution is 5.89. The zero-order chi connectivity index (χ0) is 13.1. The van der Waals surface area contributed by atoms with E-state index in [-0.39, 0.29) is 23.6 Å². The maximum atomic E-state index is 13.5. The Labute approximate surface area is 101 Å². The van der Waals surface area contributed by atoms with Gasteiger partial charge < -0.3 is 15.1 Å². The predicted molar refractivity (Wildman–Crippen MR) is 57.1 cm³/mol. The highest BCUT2D eigenvalue weighted by atomic mass is 19.1. The molecule has 7 heteroatoms. The summed E-state index contributed by atoms with van der Waals surface area (Å²) in [7, 11) is 0. The molecule has 2 aromatic rings. The van der Waals surface area contributed by atoms with Crippen LogP contribution in [0.25, 0.3) is 0 Å². The standard InChI is InChI=1S/C11H9FN2O4/c12-9-3-1-2-7(11(15)16)8(9)6-18-10-4-5-14(17)13-10/h1-5,17H,6H2,(H,15,16). The molecule has 0 fully saturated rings. The van der Waals surface area contributed by atoms with Crippen molar-refractivity contribution in [3.63, 3.8) is 0 Å². The Bertz CT molecular complexity index is 582. The number of rotatable bonds is 4. The molecule has 1 aromatic carbocycles. The fourth-order valence-corrected chi connectivity index (χ4v) is 1.43. The average Bonchev–Trinajstić information content (AvgIpc) is 2.73. The van der Waals surface area contributed by atoms with E-state index >= 15 is 0 Å². The van der Waals surface area contributed by atoms with Gasteiger partial charge in [0.15, 0.2) is 0 Å². The average molecular weight is 252 g/mol. The molecular formula is C11H9FN2O4. The highest BCUT2D eigenvalue weighted by Gasteiger charge is 2.15. The molecule has 2 rings (SSSR count). The van der Waals surface area contributed by atoms with Crippen LogP contribution in [0.15, 0.2) is 30.5 Å². The SMILES string of the molecule is O=C(O)c1cccc(F)c1COc1ccn(O)n1. The summed E-state index contributed by atoms with van der Waals surface area (Å²) in [5, 5.41) is 21.3. The molecule has 6 nitrogen and oxygen atoms in total. The number of carboxylic acid groups (broad SMARTS) is 1. The number of ether oxygens (including phenoxy) is 1. The first-order chi connectivity index (χ1) is 8.58. The van der Waals surface area contributed by atoms with Crippen LogP contribution >= 0.6 is 0 Å². The van der Waals surface area contributed by atoms with E-state index in [1.807, 2.05) is 0 Å². The van der Waals surface area contributed by atoms with Crippen LogP contribution in [0, 0.1) is 5.82 Å². The van der Waals surface area contributed by atoms with Gasteiger partial charge in [-0.05, 0) is 12.1 Å². The van der Waals surface area contributed by atoms with E-state index < -0.39 is 11.8 Å². The summed E-state index contributed by atoms with van der Waals surface area (Å²) in [5.74, 6) is -1.84. The van der Waals surface area contributed by atoms with Crippen LogP contribution in [0.1, 0.15) is 15.9 Å². The van der Waals surface area contributed by atoms with Crippen LogP contribution in [0.3, 0.4) is 0 Å². The largest absolute Gasteiger partial charge is 0.478 e. The van der Waals surface area contributed by atoms with Crippen molar-refractivity contribution in [2.45, 2.75) is 6.61 Å². The Kier molecular flexibility index (Phi) is 3.13. The number of halogens is 1. The molecule has 0 saturated heterocycles. The third-order valence-corrected chi connectivity index (χ3v) is 2.27. The van der Waals surface area contributed by atoms with Gasteiger partial charge in [-0.25, -0.2) is 9.18 Å². The van der Waals surface area contributed by atoms with Crippen LogP contribution in [0.5, 0.6) is 5.88 Å². The molecule has 0 spiro atoms. The second-order valence-electron chi connectivity index (χ2n) is 3.43. The molecule has 0 radical (unpaired) electrons. The molecule has 0 atom stereocenters. The van der Waals surface area contributed by atoms with Gasteiger partial charge in [0.2, 0.25) is 5.88 Å². The lowest BCUT2D eigenvalue weighted by Crippen LogP contribution is -2.08. The monoisotopic (exact) mass is 252 g/mol. The minimum atomic E-state index is -1.24. The Morgan fingerprint density at radius 2 is 2.22 bits per heavy atom. The van der Waals surface area contributed by atoms with Crippen LogP contribution in [-0.2, 0) is 6.61 Å². The van der Waals surface area contributed by atoms with Crippen molar-refractivity contribution in [1.29, 1.82) is 0 Å². The van der Waals surface area contributed by atoms with E-state index in [2.05, 4.69) is 5.10 Å². The lowest BCUT2D eigenvalue weighted by Gasteiger charge is -2.07. The molecule has 0 aliphatic carbocycles. The Morgan fingerprint density at radius 3 is 2.83 bits per heavy atom. The van der Waals surface area contributed by atoms with Gasteiger partial charge in [0.25, 0.3) is 0 Å². The van der Waals surface area contributed by atoms with Crippen molar-refractivity contribution in [3.8, 4) is 5.88 Å². The molecule has 1 heterocycles. The van der Waals surface area contributed by atoms with Gasteiger partial charge in [-0.1, -0.05) is 11.2 Å². The molecular weight excluding hydrogens is 243 g/mol. The van der Waals surface area contributed by atoms with Gasteiger partial charge in [-0.15, -0.1) is 4.85 Å². The maximum absolute atomic E-state index is 13.5. The van der Waals surface area contributed by atoms with Crippen LogP contribution < -0.4 is 4.74 Å². The molecule has 2 N–H and O–H groups in total. The summed E-state index contributed by atoms with van der Waals surface area (Å²) in [4.78, 5) is 11.4. The van der Waals surface area contributed by atoms with Crippen molar-refractivity contribution in [1.82, 2.24) is 9.94 Å². The molecule has 0 saturated carbocycles. The summed E-state index contributed by atoms with van der Waals surface area (Å²) >= 11 is 0. The molecule has 0 bridgehead atoms. The fourth-order valence-electron chi connectivity index (χ4n) is 1.43. The third-order valence-electron chi connectivity index (χ3n) is 2.27. The second-order valence-corrected chi connectivity index (χ2v) is 3.43. The highest BCUT2D eigenvalue weighted by Crippen LogP contribution is 2.16. The van der Waals surface area contributed by atoms with E-state index in [9.17, 15) is 9.18 Å².